The SMILES string of the molecule is CNC(CSc1cccc(F)c1)CC1CCOCC1. The number of nitrogens with one attached hydrogen (secondary N) is 1. The van der Waals surface area contributed by atoms with Gasteiger partial charge in [-0.2, -0.15) is 0 Å². The van der Waals surface area contributed by atoms with Crippen LogP contribution in [0.5, 0.6) is 0 Å². The Bertz CT molecular complexity index is 382. The minimum Gasteiger partial charge on any atom is -0.381 e. The molecule has 1 N–H and O–H groups in total. The molecular weight excluding hydrogens is 261 g/mol. The van der Waals surface area contributed by atoms with E-state index in [9.17, 15) is 4.39 Å². The van der Waals surface area contributed by atoms with Gasteiger partial charge in [0, 0.05) is 29.9 Å². The van der Waals surface area contributed by atoms with Crippen LogP contribution in [-0.2, 0) is 4.74 Å². The Morgan fingerprint density at radius 1 is 1.42 bits per heavy atom. The second-order valence-corrected chi connectivity index (χ2v) is 6.14. The molecule has 2 rings (SSSR count). The van der Waals surface area contributed by atoms with Crippen LogP contribution in [0.25, 0.3) is 0 Å². The van der Waals surface area contributed by atoms with Gasteiger partial charge in [0.2, 0.25) is 0 Å². The molecule has 1 saturated heterocycles. The third-order valence-corrected chi connectivity index (χ3v) is 4.77. The summed E-state index contributed by atoms with van der Waals surface area (Å²) in [5.41, 5.74) is 0. The smallest absolute Gasteiger partial charge is 0.124 e. The summed E-state index contributed by atoms with van der Waals surface area (Å²) in [6.07, 6.45) is 3.52. The molecule has 2 nitrogen and oxygen atoms in total. The zero-order valence-electron chi connectivity index (χ0n) is 11.4. The van der Waals surface area contributed by atoms with Gasteiger partial charge in [-0.05, 0) is 50.4 Å². The molecule has 106 valence electrons. The lowest BCUT2D eigenvalue weighted by atomic mass is 9.93. The fourth-order valence-corrected chi connectivity index (χ4v) is 3.47. The van der Waals surface area contributed by atoms with Gasteiger partial charge < -0.3 is 10.1 Å². The molecule has 0 spiro atoms. The van der Waals surface area contributed by atoms with Crippen molar-refractivity contribution >= 4 is 11.8 Å². The third kappa shape index (κ3) is 5.13. The molecule has 0 radical (unpaired) electrons. The Labute approximate surface area is 119 Å². The summed E-state index contributed by atoms with van der Waals surface area (Å²) >= 11 is 1.72. The summed E-state index contributed by atoms with van der Waals surface area (Å²) in [7, 11) is 2.01. The van der Waals surface area contributed by atoms with Crippen molar-refractivity contribution in [2.24, 2.45) is 5.92 Å². The van der Waals surface area contributed by atoms with E-state index in [1.54, 1.807) is 23.9 Å². The van der Waals surface area contributed by atoms with Gasteiger partial charge >= 0.3 is 0 Å². The van der Waals surface area contributed by atoms with Gasteiger partial charge in [0.05, 0.1) is 0 Å². The van der Waals surface area contributed by atoms with Crippen molar-refractivity contribution in [3.63, 3.8) is 0 Å². The van der Waals surface area contributed by atoms with Crippen LogP contribution >= 0.6 is 11.8 Å². The normalized spacial score (nSPS) is 18.4. The number of hydrogen-bond acceptors (Lipinski definition) is 3. The summed E-state index contributed by atoms with van der Waals surface area (Å²) in [5, 5.41) is 3.38. The lowest BCUT2D eigenvalue weighted by molar-refractivity contribution is 0.0616. The summed E-state index contributed by atoms with van der Waals surface area (Å²) in [5.74, 6) is 1.59. The van der Waals surface area contributed by atoms with Crippen LogP contribution < -0.4 is 5.32 Å². The molecule has 1 fully saturated rings. The Morgan fingerprint density at radius 2 is 2.21 bits per heavy atom. The van der Waals surface area contributed by atoms with Crippen LogP contribution in [-0.4, -0.2) is 32.1 Å². The van der Waals surface area contributed by atoms with Gasteiger partial charge in [-0.3, -0.25) is 0 Å². The van der Waals surface area contributed by atoms with Crippen LogP contribution in [0.1, 0.15) is 19.3 Å². The average molecular weight is 283 g/mol. The standard InChI is InChI=1S/C15H22FNOS/c1-17-14(9-12-5-7-18-8-6-12)11-19-15-4-2-3-13(16)10-15/h2-4,10,12,14,17H,5-9,11H2,1H3. The Kier molecular flexibility index (Phi) is 6.14. The molecule has 1 aromatic rings. The molecule has 0 bridgehead atoms. The number of thioether (sulfide) groups is 1. The average Bonchev–Trinajstić information content (AvgIpc) is 2.44. The predicted molar refractivity (Wildman–Crippen MR) is 78.1 cm³/mol. The van der Waals surface area contributed by atoms with Gasteiger partial charge in [-0.1, -0.05) is 6.07 Å². The fraction of sp³-hybridized carbons (Fsp3) is 0.600. The second kappa shape index (κ2) is 7.88. The van der Waals surface area contributed by atoms with E-state index in [0.717, 1.165) is 29.8 Å². The highest BCUT2D eigenvalue weighted by Crippen LogP contribution is 2.24. The van der Waals surface area contributed by atoms with E-state index in [0.29, 0.717) is 6.04 Å². The van der Waals surface area contributed by atoms with Crippen molar-refractivity contribution in [1.82, 2.24) is 5.32 Å². The Hall–Kier alpha value is -0.580. The first-order valence-electron chi connectivity index (χ1n) is 6.91. The number of rotatable bonds is 6. The molecule has 1 unspecified atom stereocenters. The van der Waals surface area contributed by atoms with Crippen LogP contribution in [0.15, 0.2) is 29.2 Å². The molecule has 1 aromatic carbocycles. The first-order chi connectivity index (χ1) is 9.28. The van der Waals surface area contributed by atoms with Crippen molar-refractivity contribution in [3.8, 4) is 0 Å². The van der Waals surface area contributed by atoms with E-state index < -0.39 is 0 Å². The minimum absolute atomic E-state index is 0.157. The molecule has 1 atom stereocenters. The molecule has 19 heavy (non-hydrogen) atoms. The van der Waals surface area contributed by atoms with Gasteiger partial charge in [0.1, 0.15) is 5.82 Å². The van der Waals surface area contributed by atoms with E-state index in [2.05, 4.69) is 5.32 Å². The van der Waals surface area contributed by atoms with Crippen molar-refractivity contribution in [3.05, 3.63) is 30.1 Å². The molecule has 0 saturated carbocycles. The van der Waals surface area contributed by atoms with Gasteiger partial charge in [-0.25, -0.2) is 4.39 Å². The van der Waals surface area contributed by atoms with Crippen LogP contribution in [0.2, 0.25) is 0 Å². The Morgan fingerprint density at radius 3 is 2.89 bits per heavy atom. The zero-order chi connectivity index (χ0) is 13.5. The van der Waals surface area contributed by atoms with Crippen LogP contribution in [0.4, 0.5) is 4.39 Å². The first-order valence-corrected chi connectivity index (χ1v) is 7.90. The van der Waals surface area contributed by atoms with Crippen molar-refractivity contribution < 1.29 is 9.13 Å². The number of halogens is 1. The largest absolute Gasteiger partial charge is 0.381 e. The van der Waals surface area contributed by atoms with Gasteiger partial charge in [0.25, 0.3) is 0 Å². The van der Waals surface area contributed by atoms with E-state index in [-0.39, 0.29) is 5.82 Å². The molecule has 0 aromatic heterocycles. The predicted octanol–water partition coefficient (Wildman–Crippen LogP) is 3.32. The maximum atomic E-state index is 13.1. The molecular formula is C15H22FNOS. The Balaban J connectivity index is 1.78. The second-order valence-electron chi connectivity index (χ2n) is 5.05. The van der Waals surface area contributed by atoms with Gasteiger partial charge in [-0.15, -0.1) is 11.8 Å². The summed E-state index contributed by atoms with van der Waals surface area (Å²) in [4.78, 5) is 1.01. The minimum atomic E-state index is -0.157. The topological polar surface area (TPSA) is 21.3 Å². The number of ether oxygens (including phenoxy) is 1. The molecule has 1 heterocycles. The van der Waals surface area contributed by atoms with Crippen LogP contribution in [0, 0.1) is 11.7 Å². The number of benzene rings is 1. The quantitative estimate of drug-likeness (QED) is 0.809. The van der Waals surface area contributed by atoms with Crippen molar-refractivity contribution in [1.29, 1.82) is 0 Å². The first kappa shape index (κ1) is 14.8. The van der Waals surface area contributed by atoms with Crippen LogP contribution in [0.3, 0.4) is 0 Å². The third-order valence-electron chi connectivity index (χ3n) is 3.61. The van der Waals surface area contributed by atoms with E-state index in [1.807, 2.05) is 13.1 Å². The summed E-state index contributed by atoms with van der Waals surface area (Å²) in [6, 6.07) is 7.31. The molecule has 4 heteroatoms. The monoisotopic (exact) mass is 283 g/mol. The maximum absolute atomic E-state index is 13.1. The molecule has 1 aliphatic heterocycles. The van der Waals surface area contributed by atoms with E-state index in [4.69, 9.17) is 4.74 Å². The number of hydrogen-bond donors (Lipinski definition) is 1. The zero-order valence-corrected chi connectivity index (χ0v) is 12.2. The highest BCUT2D eigenvalue weighted by Gasteiger charge is 2.18. The fourth-order valence-electron chi connectivity index (χ4n) is 2.41. The highest BCUT2D eigenvalue weighted by molar-refractivity contribution is 7.99. The van der Waals surface area contributed by atoms with Crippen molar-refractivity contribution in [2.75, 3.05) is 26.0 Å². The van der Waals surface area contributed by atoms with E-state index >= 15 is 0 Å². The summed E-state index contributed by atoms with van der Waals surface area (Å²) < 4.78 is 18.5. The maximum Gasteiger partial charge on any atom is 0.124 e. The van der Waals surface area contributed by atoms with E-state index in [1.165, 1.54) is 25.3 Å². The molecule has 0 amide bonds. The van der Waals surface area contributed by atoms with Gasteiger partial charge in [0.15, 0.2) is 0 Å². The highest BCUT2D eigenvalue weighted by atomic mass is 32.2. The lowest BCUT2D eigenvalue weighted by Crippen LogP contribution is -2.32. The molecule has 0 aliphatic carbocycles. The lowest BCUT2D eigenvalue weighted by Gasteiger charge is -2.26. The van der Waals surface area contributed by atoms with Crippen molar-refractivity contribution in [2.45, 2.75) is 30.2 Å². The molecule has 1 aliphatic rings. The summed E-state index contributed by atoms with van der Waals surface area (Å²) in [6.45, 7) is 1.80.